The number of hydrogen-bond donors (Lipinski definition) is 1. The molecule has 5 heteroatoms. The molecule has 0 saturated carbocycles. The SMILES string of the molecule is Nc1ccc(-n2ccc3cc(Cl)ccc3c2=O)cc1F. The molecular formula is C15H10ClFN2O. The van der Waals surface area contributed by atoms with E-state index in [2.05, 4.69) is 0 Å². The molecule has 0 saturated heterocycles. The van der Waals surface area contributed by atoms with Gasteiger partial charge in [-0.15, -0.1) is 0 Å². The van der Waals surface area contributed by atoms with Crippen molar-refractivity contribution in [2.75, 3.05) is 5.73 Å². The Hall–Kier alpha value is -2.33. The van der Waals surface area contributed by atoms with E-state index in [0.29, 0.717) is 16.1 Å². The Morgan fingerprint density at radius 1 is 1.10 bits per heavy atom. The fraction of sp³-hybridized carbons (Fsp3) is 0. The summed E-state index contributed by atoms with van der Waals surface area (Å²) in [4.78, 5) is 12.4. The third-order valence-corrected chi connectivity index (χ3v) is 3.36. The van der Waals surface area contributed by atoms with Crippen LogP contribution in [-0.4, -0.2) is 4.57 Å². The second kappa shape index (κ2) is 4.65. The molecule has 0 aliphatic rings. The van der Waals surface area contributed by atoms with Crippen LogP contribution in [0.1, 0.15) is 0 Å². The fourth-order valence-corrected chi connectivity index (χ4v) is 2.27. The lowest BCUT2D eigenvalue weighted by atomic mass is 10.1. The van der Waals surface area contributed by atoms with E-state index in [0.717, 1.165) is 5.39 Å². The Morgan fingerprint density at radius 2 is 1.90 bits per heavy atom. The van der Waals surface area contributed by atoms with E-state index in [9.17, 15) is 9.18 Å². The molecule has 0 bridgehead atoms. The number of aromatic nitrogens is 1. The molecule has 0 spiro atoms. The van der Waals surface area contributed by atoms with Gasteiger partial charge in [-0.05, 0) is 41.8 Å². The summed E-state index contributed by atoms with van der Waals surface area (Å²) in [6, 6.07) is 11.1. The van der Waals surface area contributed by atoms with E-state index in [-0.39, 0.29) is 11.2 Å². The van der Waals surface area contributed by atoms with Gasteiger partial charge >= 0.3 is 0 Å². The van der Waals surface area contributed by atoms with Crippen molar-refractivity contribution in [3.63, 3.8) is 0 Å². The second-order valence-corrected chi connectivity index (χ2v) is 4.86. The minimum absolute atomic E-state index is 0.0503. The van der Waals surface area contributed by atoms with Crippen LogP contribution in [0.2, 0.25) is 5.02 Å². The number of halogens is 2. The minimum Gasteiger partial charge on any atom is -0.396 e. The lowest BCUT2D eigenvalue weighted by Crippen LogP contribution is -2.17. The molecule has 3 nitrogen and oxygen atoms in total. The number of pyridine rings is 1. The Labute approximate surface area is 119 Å². The fourth-order valence-electron chi connectivity index (χ4n) is 2.09. The molecule has 2 aromatic carbocycles. The van der Waals surface area contributed by atoms with Gasteiger partial charge in [-0.2, -0.15) is 0 Å². The highest BCUT2D eigenvalue weighted by molar-refractivity contribution is 6.31. The van der Waals surface area contributed by atoms with Crippen LogP contribution in [-0.2, 0) is 0 Å². The predicted octanol–water partition coefficient (Wildman–Crippen LogP) is 3.37. The second-order valence-electron chi connectivity index (χ2n) is 4.43. The molecule has 20 heavy (non-hydrogen) atoms. The van der Waals surface area contributed by atoms with Gasteiger partial charge in [0.15, 0.2) is 0 Å². The van der Waals surface area contributed by atoms with Crippen molar-refractivity contribution in [1.82, 2.24) is 4.57 Å². The number of fused-ring (bicyclic) bond motifs is 1. The Bertz CT molecular complexity index is 873. The number of nitrogen functional groups attached to an aromatic ring is 1. The van der Waals surface area contributed by atoms with E-state index in [1.54, 1.807) is 36.5 Å². The quantitative estimate of drug-likeness (QED) is 0.698. The highest BCUT2D eigenvalue weighted by atomic mass is 35.5. The molecule has 0 radical (unpaired) electrons. The topological polar surface area (TPSA) is 48.0 Å². The number of nitrogens with zero attached hydrogens (tertiary/aromatic N) is 1. The van der Waals surface area contributed by atoms with Crippen LogP contribution in [0.5, 0.6) is 0 Å². The monoisotopic (exact) mass is 288 g/mol. The first-order valence-corrected chi connectivity index (χ1v) is 6.30. The normalized spacial score (nSPS) is 10.9. The Balaban J connectivity index is 2.27. The summed E-state index contributed by atoms with van der Waals surface area (Å²) in [7, 11) is 0. The van der Waals surface area contributed by atoms with E-state index < -0.39 is 5.82 Å². The van der Waals surface area contributed by atoms with Gasteiger partial charge in [-0.25, -0.2) is 4.39 Å². The third kappa shape index (κ3) is 2.04. The first-order chi connectivity index (χ1) is 9.56. The van der Waals surface area contributed by atoms with Gasteiger partial charge in [0.1, 0.15) is 5.82 Å². The maximum absolute atomic E-state index is 13.5. The highest BCUT2D eigenvalue weighted by Gasteiger charge is 2.07. The summed E-state index contributed by atoms with van der Waals surface area (Å²) in [5, 5.41) is 1.83. The van der Waals surface area contributed by atoms with Crippen LogP contribution in [0.25, 0.3) is 16.5 Å². The summed E-state index contributed by atoms with van der Waals surface area (Å²) in [5.41, 5.74) is 5.68. The summed E-state index contributed by atoms with van der Waals surface area (Å²) >= 11 is 5.89. The maximum atomic E-state index is 13.5. The van der Waals surface area contributed by atoms with Gasteiger partial charge < -0.3 is 5.73 Å². The zero-order valence-electron chi connectivity index (χ0n) is 10.3. The van der Waals surface area contributed by atoms with Crippen molar-refractivity contribution >= 4 is 28.1 Å². The van der Waals surface area contributed by atoms with Gasteiger partial charge in [-0.3, -0.25) is 9.36 Å². The van der Waals surface area contributed by atoms with Crippen LogP contribution in [0.3, 0.4) is 0 Å². The maximum Gasteiger partial charge on any atom is 0.262 e. The van der Waals surface area contributed by atoms with Gasteiger partial charge in [-0.1, -0.05) is 11.6 Å². The van der Waals surface area contributed by atoms with Crippen molar-refractivity contribution < 1.29 is 4.39 Å². The van der Waals surface area contributed by atoms with Crippen LogP contribution in [0, 0.1) is 5.82 Å². The molecule has 0 aliphatic heterocycles. The van der Waals surface area contributed by atoms with Gasteiger partial charge in [0.05, 0.1) is 11.4 Å². The van der Waals surface area contributed by atoms with Gasteiger partial charge in [0, 0.05) is 22.7 Å². The third-order valence-electron chi connectivity index (χ3n) is 3.13. The summed E-state index contributed by atoms with van der Waals surface area (Å²) in [6.07, 6.45) is 1.59. The predicted molar refractivity (Wildman–Crippen MR) is 78.9 cm³/mol. The van der Waals surface area contributed by atoms with E-state index in [4.69, 9.17) is 17.3 Å². The van der Waals surface area contributed by atoms with E-state index in [1.165, 1.54) is 16.7 Å². The average molecular weight is 289 g/mol. The van der Waals surface area contributed by atoms with Crippen LogP contribution >= 0.6 is 11.6 Å². The minimum atomic E-state index is -0.550. The molecule has 0 aliphatic carbocycles. The lowest BCUT2D eigenvalue weighted by Gasteiger charge is -2.08. The largest absolute Gasteiger partial charge is 0.396 e. The van der Waals surface area contributed by atoms with E-state index >= 15 is 0 Å². The van der Waals surface area contributed by atoms with Crippen LogP contribution < -0.4 is 11.3 Å². The molecule has 3 aromatic rings. The first kappa shape index (κ1) is 12.7. The molecule has 2 N–H and O–H groups in total. The summed E-state index contributed by atoms with van der Waals surface area (Å²) < 4.78 is 14.9. The molecule has 1 heterocycles. The van der Waals surface area contributed by atoms with Gasteiger partial charge in [0.25, 0.3) is 5.56 Å². The molecule has 100 valence electrons. The molecule has 0 unspecified atom stereocenters. The number of nitrogens with two attached hydrogens (primary N) is 1. The number of anilines is 1. The Morgan fingerprint density at radius 3 is 2.65 bits per heavy atom. The lowest BCUT2D eigenvalue weighted by molar-refractivity contribution is 0.631. The Kier molecular flexibility index (Phi) is 2.95. The molecule has 3 rings (SSSR count). The summed E-state index contributed by atoms with van der Waals surface area (Å²) in [5.74, 6) is -0.550. The standard InChI is InChI=1S/C15H10ClFN2O/c16-10-1-3-12-9(7-10)5-6-19(15(12)20)11-2-4-14(18)13(17)8-11/h1-8H,18H2. The zero-order valence-corrected chi connectivity index (χ0v) is 11.1. The average Bonchev–Trinajstić information content (AvgIpc) is 2.42. The molecule has 1 aromatic heterocycles. The van der Waals surface area contributed by atoms with Crippen molar-refractivity contribution in [2.45, 2.75) is 0 Å². The number of rotatable bonds is 1. The highest BCUT2D eigenvalue weighted by Crippen LogP contribution is 2.19. The number of hydrogen-bond acceptors (Lipinski definition) is 2. The van der Waals surface area contributed by atoms with Crippen molar-refractivity contribution in [3.05, 3.63) is 69.9 Å². The smallest absolute Gasteiger partial charge is 0.262 e. The summed E-state index contributed by atoms with van der Waals surface area (Å²) in [6.45, 7) is 0. The van der Waals surface area contributed by atoms with Crippen LogP contribution in [0.15, 0.2) is 53.5 Å². The molecule has 0 amide bonds. The molecular weight excluding hydrogens is 279 g/mol. The van der Waals surface area contributed by atoms with Crippen molar-refractivity contribution in [3.8, 4) is 5.69 Å². The zero-order chi connectivity index (χ0) is 14.3. The van der Waals surface area contributed by atoms with Crippen LogP contribution in [0.4, 0.5) is 10.1 Å². The van der Waals surface area contributed by atoms with Crippen molar-refractivity contribution in [2.24, 2.45) is 0 Å². The molecule has 0 fully saturated rings. The first-order valence-electron chi connectivity index (χ1n) is 5.92. The number of benzene rings is 2. The van der Waals surface area contributed by atoms with Crippen molar-refractivity contribution in [1.29, 1.82) is 0 Å². The van der Waals surface area contributed by atoms with E-state index in [1.807, 2.05) is 0 Å². The van der Waals surface area contributed by atoms with Gasteiger partial charge in [0.2, 0.25) is 0 Å². The molecule has 0 atom stereocenters.